The van der Waals surface area contributed by atoms with Crippen LogP contribution in [0.1, 0.15) is 41.3 Å². The molecule has 3 heteroatoms. The van der Waals surface area contributed by atoms with E-state index in [4.69, 9.17) is 5.73 Å². The SMILES string of the molecule is Cc1ccc(C(=O)Nc2ccc(C(C)C)cc2)cc1N. The third kappa shape index (κ3) is 3.18. The van der Waals surface area contributed by atoms with Crippen molar-refractivity contribution in [3.63, 3.8) is 0 Å². The zero-order valence-corrected chi connectivity index (χ0v) is 12.1. The fourth-order valence-electron chi connectivity index (χ4n) is 1.94. The Morgan fingerprint density at radius 2 is 1.75 bits per heavy atom. The summed E-state index contributed by atoms with van der Waals surface area (Å²) in [6.45, 7) is 6.20. The van der Waals surface area contributed by atoms with Crippen LogP contribution >= 0.6 is 0 Å². The van der Waals surface area contributed by atoms with Gasteiger partial charge in [0.05, 0.1) is 0 Å². The van der Waals surface area contributed by atoms with E-state index in [2.05, 4.69) is 19.2 Å². The molecule has 0 saturated carbocycles. The minimum Gasteiger partial charge on any atom is -0.398 e. The third-order valence-corrected chi connectivity index (χ3v) is 3.38. The van der Waals surface area contributed by atoms with Crippen molar-refractivity contribution in [1.82, 2.24) is 0 Å². The van der Waals surface area contributed by atoms with Crippen LogP contribution in [0.4, 0.5) is 11.4 Å². The van der Waals surface area contributed by atoms with E-state index in [0.717, 1.165) is 11.3 Å². The van der Waals surface area contributed by atoms with Crippen LogP contribution in [0.15, 0.2) is 42.5 Å². The molecule has 0 radical (unpaired) electrons. The minimum atomic E-state index is -0.144. The van der Waals surface area contributed by atoms with Crippen LogP contribution in [-0.2, 0) is 0 Å². The number of anilines is 2. The first kappa shape index (κ1) is 14.1. The van der Waals surface area contributed by atoms with Crippen LogP contribution in [0.2, 0.25) is 0 Å². The van der Waals surface area contributed by atoms with Crippen LogP contribution in [0.25, 0.3) is 0 Å². The van der Waals surface area contributed by atoms with Crippen LogP contribution in [0.5, 0.6) is 0 Å². The van der Waals surface area contributed by atoms with E-state index < -0.39 is 0 Å². The third-order valence-electron chi connectivity index (χ3n) is 3.38. The number of hydrogen-bond acceptors (Lipinski definition) is 2. The molecule has 104 valence electrons. The van der Waals surface area contributed by atoms with Gasteiger partial charge < -0.3 is 11.1 Å². The smallest absolute Gasteiger partial charge is 0.255 e. The summed E-state index contributed by atoms with van der Waals surface area (Å²) in [4.78, 5) is 12.1. The van der Waals surface area contributed by atoms with Gasteiger partial charge in [0, 0.05) is 16.9 Å². The van der Waals surface area contributed by atoms with E-state index >= 15 is 0 Å². The molecule has 0 atom stereocenters. The van der Waals surface area contributed by atoms with Crippen molar-refractivity contribution in [2.45, 2.75) is 26.7 Å². The molecule has 2 aromatic carbocycles. The van der Waals surface area contributed by atoms with Crippen molar-refractivity contribution in [2.24, 2.45) is 0 Å². The van der Waals surface area contributed by atoms with Crippen molar-refractivity contribution >= 4 is 17.3 Å². The predicted molar refractivity (Wildman–Crippen MR) is 84.1 cm³/mol. The number of aryl methyl sites for hydroxylation is 1. The molecular formula is C17H20N2O. The second-order valence-electron chi connectivity index (χ2n) is 5.30. The van der Waals surface area contributed by atoms with Crippen molar-refractivity contribution < 1.29 is 4.79 Å². The standard InChI is InChI=1S/C17H20N2O/c1-11(2)13-6-8-15(9-7-13)19-17(20)14-5-4-12(3)16(18)10-14/h4-11H,18H2,1-3H3,(H,19,20). The highest BCUT2D eigenvalue weighted by Gasteiger charge is 2.07. The topological polar surface area (TPSA) is 55.1 Å². The van der Waals surface area contributed by atoms with Gasteiger partial charge in [0.25, 0.3) is 5.91 Å². The molecule has 0 aliphatic rings. The monoisotopic (exact) mass is 268 g/mol. The number of benzene rings is 2. The zero-order valence-electron chi connectivity index (χ0n) is 12.1. The van der Waals surface area contributed by atoms with Gasteiger partial charge in [-0.25, -0.2) is 0 Å². The molecule has 20 heavy (non-hydrogen) atoms. The highest BCUT2D eigenvalue weighted by Crippen LogP contribution is 2.18. The van der Waals surface area contributed by atoms with Gasteiger partial charge in [-0.2, -0.15) is 0 Å². The van der Waals surface area contributed by atoms with Gasteiger partial charge >= 0.3 is 0 Å². The molecule has 2 rings (SSSR count). The van der Waals surface area contributed by atoms with E-state index in [1.807, 2.05) is 37.3 Å². The summed E-state index contributed by atoms with van der Waals surface area (Å²) in [6, 6.07) is 13.2. The molecule has 0 unspecified atom stereocenters. The lowest BCUT2D eigenvalue weighted by Gasteiger charge is -2.09. The van der Waals surface area contributed by atoms with Crippen molar-refractivity contribution in [2.75, 3.05) is 11.1 Å². The van der Waals surface area contributed by atoms with Gasteiger partial charge in [0.2, 0.25) is 0 Å². The van der Waals surface area contributed by atoms with E-state index in [0.29, 0.717) is 17.2 Å². The molecule has 0 spiro atoms. The Morgan fingerprint density at radius 1 is 1.10 bits per heavy atom. The normalized spacial score (nSPS) is 10.6. The Morgan fingerprint density at radius 3 is 2.30 bits per heavy atom. The first-order valence-electron chi connectivity index (χ1n) is 6.75. The number of nitrogens with one attached hydrogen (secondary N) is 1. The minimum absolute atomic E-state index is 0.144. The number of nitrogens with two attached hydrogens (primary N) is 1. The molecule has 0 bridgehead atoms. The van der Waals surface area contributed by atoms with Crippen LogP contribution < -0.4 is 11.1 Å². The average Bonchev–Trinajstić information content (AvgIpc) is 2.42. The lowest BCUT2D eigenvalue weighted by atomic mass is 10.0. The molecule has 0 fully saturated rings. The number of carbonyl (C=O) groups is 1. The molecule has 2 aromatic rings. The summed E-state index contributed by atoms with van der Waals surface area (Å²) in [6.07, 6.45) is 0. The number of nitrogen functional groups attached to an aromatic ring is 1. The van der Waals surface area contributed by atoms with Crippen molar-refractivity contribution in [3.8, 4) is 0 Å². The van der Waals surface area contributed by atoms with Gasteiger partial charge in [-0.15, -0.1) is 0 Å². The Kier molecular flexibility index (Phi) is 4.08. The first-order valence-corrected chi connectivity index (χ1v) is 6.75. The Bertz CT molecular complexity index is 615. The molecule has 0 heterocycles. The second-order valence-corrected chi connectivity index (χ2v) is 5.30. The van der Waals surface area contributed by atoms with Crippen LogP contribution in [-0.4, -0.2) is 5.91 Å². The Balaban J connectivity index is 2.12. The van der Waals surface area contributed by atoms with Crippen molar-refractivity contribution in [3.05, 3.63) is 59.2 Å². The molecule has 0 saturated heterocycles. The summed E-state index contributed by atoms with van der Waals surface area (Å²) in [5, 5.41) is 2.88. The summed E-state index contributed by atoms with van der Waals surface area (Å²) in [7, 11) is 0. The van der Waals surface area contributed by atoms with E-state index in [1.54, 1.807) is 12.1 Å². The van der Waals surface area contributed by atoms with Crippen LogP contribution in [0, 0.1) is 6.92 Å². The number of carbonyl (C=O) groups excluding carboxylic acids is 1. The maximum Gasteiger partial charge on any atom is 0.255 e. The van der Waals surface area contributed by atoms with Gasteiger partial charge in [0.15, 0.2) is 0 Å². The Hall–Kier alpha value is -2.29. The average molecular weight is 268 g/mol. The highest BCUT2D eigenvalue weighted by atomic mass is 16.1. The molecular weight excluding hydrogens is 248 g/mol. The summed E-state index contributed by atoms with van der Waals surface area (Å²) < 4.78 is 0. The fraction of sp³-hybridized carbons (Fsp3) is 0.235. The largest absolute Gasteiger partial charge is 0.398 e. The van der Waals surface area contributed by atoms with Gasteiger partial charge in [0.1, 0.15) is 0 Å². The highest BCUT2D eigenvalue weighted by molar-refractivity contribution is 6.04. The van der Waals surface area contributed by atoms with Gasteiger partial charge in [-0.05, 0) is 48.2 Å². The predicted octanol–water partition coefficient (Wildman–Crippen LogP) is 3.95. The number of rotatable bonds is 3. The summed E-state index contributed by atoms with van der Waals surface area (Å²) in [5.41, 5.74) is 10.0. The van der Waals surface area contributed by atoms with E-state index in [9.17, 15) is 4.79 Å². The first-order chi connectivity index (χ1) is 9.47. The molecule has 0 aromatic heterocycles. The summed E-state index contributed by atoms with van der Waals surface area (Å²) in [5.74, 6) is 0.339. The molecule has 1 amide bonds. The summed E-state index contributed by atoms with van der Waals surface area (Å²) >= 11 is 0. The number of amides is 1. The van der Waals surface area contributed by atoms with E-state index in [-0.39, 0.29) is 5.91 Å². The quantitative estimate of drug-likeness (QED) is 0.828. The molecule has 3 N–H and O–H groups in total. The maximum atomic E-state index is 12.1. The lowest BCUT2D eigenvalue weighted by Crippen LogP contribution is -2.12. The van der Waals surface area contributed by atoms with Gasteiger partial charge in [-0.3, -0.25) is 4.79 Å². The van der Waals surface area contributed by atoms with E-state index in [1.165, 1.54) is 5.56 Å². The molecule has 3 nitrogen and oxygen atoms in total. The second kappa shape index (κ2) is 5.78. The maximum absolute atomic E-state index is 12.1. The number of hydrogen-bond donors (Lipinski definition) is 2. The van der Waals surface area contributed by atoms with Crippen LogP contribution in [0.3, 0.4) is 0 Å². The molecule has 0 aliphatic heterocycles. The fourth-order valence-corrected chi connectivity index (χ4v) is 1.94. The lowest BCUT2D eigenvalue weighted by molar-refractivity contribution is 0.102. The Labute approximate surface area is 119 Å². The zero-order chi connectivity index (χ0) is 14.7. The van der Waals surface area contributed by atoms with Gasteiger partial charge in [-0.1, -0.05) is 32.0 Å². The van der Waals surface area contributed by atoms with Crippen molar-refractivity contribution in [1.29, 1.82) is 0 Å². The molecule has 0 aliphatic carbocycles.